The van der Waals surface area contributed by atoms with Gasteiger partial charge in [0.25, 0.3) is 5.56 Å². The van der Waals surface area contributed by atoms with Crippen molar-refractivity contribution in [1.82, 2.24) is 9.13 Å². The van der Waals surface area contributed by atoms with Crippen molar-refractivity contribution in [2.75, 3.05) is 0 Å². The average molecular weight is 405 g/mol. The van der Waals surface area contributed by atoms with Gasteiger partial charge in [0.1, 0.15) is 0 Å². The number of hydrogen-bond donors (Lipinski definition) is 0. The van der Waals surface area contributed by atoms with Gasteiger partial charge in [0.15, 0.2) is 5.78 Å². The van der Waals surface area contributed by atoms with Crippen LogP contribution >= 0.6 is 11.6 Å². The lowest BCUT2D eigenvalue weighted by Crippen LogP contribution is -2.41. The quantitative estimate of drug-likeness (QED) is 0.476. The molecule has 0 radical (unpaired) electrons. The fourth-order valence-corrected chi connectivity index (χ4v) is 3.49. The molecule has 0 bridgehead atoms. The Bertz CT molecular complexity index is 1310. The van der Waals surface area contributed by atoms with E-state index in [-0.39, 0.29) is 18.9 Å². The number of nitrogens with zero attached hydrogens (tertiary/aromatic N) is 2. The van der Waals surface area contributed by atoms with Crippen molar-refractivity contribution in [3.8, 4) is 0 Å². The van der Waals surface area contributed by atoms with Gasteiger partial charge < -0.3 is 0 Å². The minimum Gasteiger partial charge on any atom is -0.292 e. The number of carbonyl (C=O) groups is 1. The molecule has 0 aliphatic carbocycles. The summed E-state index contributed by atoms with van der Waals surface area (Å²) in [5.74, 6) is -0.214. The van der Waals surface area contributed by atoms with Crippen LogP contribution in [0, 0.1) is 0 Å². The standard InChI is InChI=1S/C23H17ClN2O3/c24-18-11-12-20-19(13-18)22(28)26(14-16-7-3-1-4-8-16)23(29)25(20)15-21(27)17-9-5-2-6-10-17/h1-13H,14-15H2. The second-order valence-electron chi connectivity index (χ2n) is 6.70. The van der Waals surface area contributed by atoms with Crippen LogP contribution in [0.3, 0.4) is 0 Å². The van der Waals surface area contributed by atoms with Gasteiger partial charge >= 0.3 is 5.69 Å². The number of rotatable bonds is 5. The highest BCUT2D eigenvalue weighted by Crippen LogP contribution is 2.16. The van der Waals surface area contributed by atoms with E-state index in [1.165, 1.54) is 10.6 Å². The van der Waals surface area contributed by atoms with E-state index < -0.39 is 11.2 Å². The highest BCUT2D eigenvalue weighted by Gasteiger charge is 2.17. The van der Waals surface area contributed by atoms with Gasteiger partial charge in [-0.05, 0) is 23.8 Å². The summed E-state index contributed by atoms with van der Waals surface area (Å²) in [6.07, 6.45) is 0. The van der Waals surface area contributed by atoms with E-state index in [1.54, 1.807) is 36.4 Å². The van der Waals surface area contributed by atoms with Crippen LogP contribution in [0.5, 0.6) is 0 Å². The molecule has 4 rings (SSSR count). The Balaban J connectivity index is 1.89. The zero-order valence-corrected chi connectivity index (χ0v) is 16.2. The molecular formula is C23H17ClN2O3. The minimum absolute atomic E-state index is 0.112. The maximum absolute atomic E-state index is 13.2. The van der Waals surface area contributed by atoms with Gasteiger partial charge in [0.2, 0.25) is 0 Å². The van der Waals surface area contributed by atoms with Crippen molar-refractivity contribution >= 4 is 28.3 Å². The molecule has 0 spiro atoms. The first-order chi connectivity index (χ1) is 14.0. The third kappa shape index (κ3) is 3.77. The second kappa shape index (κ2) is 7.89. The molecule has 0 saturated carbocycles. The molecule has 0 atom stereocenters. The fourth-order valence-electron chi connectivity index (χ4n) is 3.31. The van der Waals surface area contributed by atoms with Gasteiger partial charge in [-0.3, -0.25) is 18.7 Å². The lowest BCUT2D eigenvalue weighted by Gasteiger charge is -2.14. The molecular weight excluding hydrogens is 388 g/mol. The molecule has 0 aliphatic rings. The summed E-state index contributed by atoms with van der Waals surface area (Å²) in [5, 5.41) is 0.689. The summed E-state index contributed by atoms with van der Waals surface area (Å²) in [4.78, 5) is 39.0. The van der Waals surface area contributed by atoms with Gasteiger partial charge in [0, 0.05) is 10.6 Å². The van der Waals surface area contributed by atoms with Gasteiger partial charge in [-0.2, -0.15) is 0 Å². The van der Waals surface area contributed by atoms with Crippen LogP contribution in [0.25, 0.3) is 10.9 Å². The highest BCUT2D eigenvalue weighted by molar-refractivity contribution is 6.31. The smallest absolute Gasteiger partial charge is 0.292 e. The predicted octanol–water partition coefficient (Wildman–Crippen LogP) is 3.75. The summed E-state index contributed by atoms with van der Waals surface area (Å²) < 4.78 is 2.48. The third-order valence-electron chi connectivity index (χ3n) is 4.77. The Morgan fingerprint density at radius 2 is 1.48 bits per heavy atom. The molecule has 1 heterocycles. The average Bonchev–Trinajstić information content (AvgIpc) is 2.75. The van der Waals surface area contributed by atoms with Gasteiger partial charge in [0.05, 0.1) is 24.0 Å². The molecule has 0 saturated heterocycles. The van der Waals surface area contributed by atoms with Crippen molar-refractivity contribution in [2.24, 2.45) is 0 Å². The number of halogens is 1. The van der Waals surface area contributed by atoms with Crippen molar-refractivity contribution in [1.29, 1.82) is 0 Å². The molecule has 0 unspecified atom stereocenters. The molecule has 3 aromatic carbocycles. The minimum atomic E-state index is -0.530. The number of carbonyl (C=O) groups excluding carboxylic acids is 1. The molecule has 0 amide bonds. The number of ketones is 1. The van der Waals surface area contributed by atoms with Crippen molar-refractivity contribution in [3.05, 3.63) is 116 Å². The lowest BCUT2D eigenvalue weighted by atomic mass is 10.1. The molecule has 0 fully saturated rings. The zero-order valence-electron chi connectivity index (χ0n) is 15.4. The number of fused-ring (bicyclic) bond motifs is 1. The van der Waals surface area contributed by atoms with E-state index >= 15 is 0 Å². The van der Waals surface area contributed by atoms with Crippen LogP contribution < -0.4 is 11.2 Å². The van der Waals surface area contributed by atoms with Crippen molar-refractivity contribution in [3.63, 3.8) is 0 Å². The Labute approximate surface area is 171 Å². The van der Waals surface area contributed by atoms with Gasteiger partial charge in [-0.15, -0.1) is 0 Å². The summed E-state index contributed by atoms with van der Waals surface area (Å²) in [7, 11) is 0. The molecule has 5 nitrogen and oxygen atoms in total. The van der Waals surface area contributed by atoms with Crippen molar-refractivity contribution in [2.45, 2.75) is 13.1 Å². The first-order valence-corrected chi connectivity index (χ1v) is 9.47. The van der Waals surface area contributed by atoms with E-state index in [2.05, 4.69) is 0 Å². The van der Waals surface area contributed by atoms with E-state index in [9.17, 15) is 14.4 Å². The van der Waals surface area contributed by atoms with E-state index in [4.69, 9.17) is 11.6 Å². The van der Waals surface area contributed by atoms with Crippen LogP contribution in [0.4, 0.5) is 0 Å². The number of aromatic nitrogens is 2. The zero-order chi connectivity index (χ0) is 20.4. The maximum atomic E-state index is 13.2. The molecule has 144 valence electrons. The summed E-state index contributed by atoms with van der Waals surface area (Å²) in [6, 6.07) is 22.7. The lowest BCUT2D eigenvalue weighted by molar-refractivity contribution is 0.0971. The summed E-state index contributed by atoms with van der Waals surface area (Å²) >= 11 is 6.09. The Morgan fingerprint density at radius 1 is 0.828 bits per heavy atom. The third-order valence-corrected chi connectivity index (χ3v) is 5.00. The summed E-state index contributed by atoms with van der Waals surface area (Å²) in [5.41, 5.74) is 0.743. The predicted molar refractivity (Wildman–Crippen MR) is 114 cm³/mol. The molecule has 0 aliphatic heterocycles. The Kier molecular flexibility index (Phi) is 5.14. The topological polar surface area (TPSA) is 61.1 Å². The van der Waals surface area contributed by atoms with E-state index in [1.807, 2.05) is 36.4 Å². The van der Waals surface area contributed by atoms with Crippen LogP contribution in [-0.4, -0.2) is 14.9 Å². The highest BCUT2D eigenvalue weighted by atomic mass is 35.5. The normalized spacial score (nSPS) is 10.9. The maximum Gasteiger partial charge on any atom is 0.332 e. The van der Waals surface area contributed by atoms with E-state index in [0.717, 1.165) is 10.1 Å². The van der Waals surface area contributed by atoms with Crippen LogP contribution in [0.2, 0.25) is 5.02 Å². The van der Waals surface area contributed by atoms with Gasteiger partial charge in [-0.25, -0.2) is 4.79 Å². The van der Waals surface area contributed by atoms with Gasteiger partial charge in [-0.1, -0.05) is 72.3 Å². The molecule has 0 N–H and O–H groups in total. The van der Waals surface area contributed by atoms with E-state index in [0.29, 0.717) is 21.5 Å². The largest absolute Gasteiger partial charge is 0.332 e. The Hall–Kier alpha value is -3.44. The van der Waals surface area contributed by atoms with Crippen molar-refractivity contribution < 1.29 is 4.79 Å². The number of benzene rings is 3. The molecule has 4 aromatic rings. The number of Topliss-reactive ketones (excluding diaryl/α,β-unsaturated/α-hetero) is 1. The Morgan fingerprint density at radius 3 is 2.17 bits per heavy atom. The first kappa shape index (κ1) is 18.9. The fraction of sp³-hybridized carbons (Fsp3) is 0.0870. The summed E-state index contributed by atoms with van der Waals surface area (Å²) in [6.45, 7) is -0.0590. The first-order valence-electron chi connectivity index (χ1n) is 9.09. The molecule has 29 heavy (non-hydrogen) atoms. The molecule has 6 heteroatoms. The molecule has 1 aromatic heterocycles. The van der Waals surface area contributed by atoms with Crippen LogP contribution in [-0.2, 0) is 13.1 Å². The SMILES string of the molecule is O=C(Cn1c(=O)n(Cc2ccccc2)c(=O)c2cc(Cl)ccc21)c1ccccc1. The second-order valence-corrected chi connectivity index (χ2v) is 7.13. The monoisotopic (exact) mass is 404 g/mol. The number of hydrogen-bond acceptors (Lipinski definition) is 3. The van der Waals surface area contributed by atoms with Crippen LogP contribution in [0.15, 0.2) is 88.5 Å². The van der Waals surface area contributed by atoms with Crippen LogP contribution in [0.1, 0.15) is 15.9 Å².